The molecule has 0 atom stereocenters. The molecule has 0 unspecified atom stereocenters. The van der Waals surface area contributed by atoms with E-state index in [2.05, 4.69) is 20.7 Å². The van der Waals surface area contributed by atoms with Gasteiger partial charge in [0, 0.05) is 22.2 Å². The largest absolute Gasteiger partial charge is 0.463 e. The Morgan fingerprint density at radius 3 is 2.68 bits per heavy atom. The SMILES string of the molecule is COC(=O)c1ccc(-c2ccc([N+](=O)[O-])cc2Br)o1. The highest BCUT2D eigenvalue weighted by atomic mass is 79.9. The van der Waals surface area contributed by atoms with E-state index in [0.717, 1.165) is 0 Å². The molecule has 98 valence electrons. The highest BCUT2D eigenvalue weighted by Gasteiger charge is 2.16. The van der Waals surface area contributed by atoms with Crippen LogP contribution >= 0.6 is 15.9 Å². The van der Waals surface area contributed by atoms with Crippen LogP contribution in [0.15, 0.2) is 39.2 Å². The average molecular weight is 326 g/mol. The zero-order valence-corrected chi connectivity index (χ0v) is 11.3. The molecular weight excluding hydrogens is 318 g/mol. The van der Waals surface area contributed by atoms with E-state index in [1.807, 2.05) is 0 Å². The van der Waals surface area contributed by atoms with Crippen molar-refractivity contribution < 1.29 is 18.9 Å². The molecule has 2 aromatic rings. The molecule has 0 N–H and O–H groups in total. The predicted molar refractivity (Wildman–Crippen MR) is 69.8 cm³/mol. The number of hydrogen-bond acceptors (Lipinski definition) is 5. The maximum absolute atomic E-state index is 11.3. The first-order chi connectivity index (χ1) is 9.02. The summed E-state index contributed by atoms with van der Waals surface area (Å²) in [5, 5.41) is 10.6. The number of non-ortho nitro benzene ring substituents is 1. The van der Waals surface area contributed by atoms with Gasteiger partial charge in [0.05, 0.1) is 12.0 Å². The lowest BCUT2D eigenvalue weighted by atomic mass is 10.1. The van der Waals surface area contributed by atoms with Crippen LogP contribution in [-0.4, -0.2) is 18.0 Å². The summed E-state index contributed by atoms with van der Waals surface area (Å²) in [7, 11) is 1.26. The monoisotopic (exact) mass is 325 g/mol. The van der Waals surface area contributed by atoms with Crippen molar-refractivity contribution in [2.75, 3.05) is 7.11 Å². The van der Waals surface area contributed by atoms with Gasteiger partial charge < -0.3 is 9.15 Å². The van der Waals surface area contributed by atoms with Crippen LogP contribution in [0.4, 0.5) is 5.69 Å². The molecule has 0 saturated carbocycles. The number of carbonyl (C=O) groups excluding carboxylic acids is 1. The Bertz CT molecular complexity index is 649. The number of carbonyl (C=O) groups is 1. The fourth-order valence-electron chi connectivity index (χ4n) is 1.51. The lowest BCUT2D eigenvalue weighted by molar-refractivity contribution is -0.384. The van der Waals surface area contributed by atoms with Crippen LogP contribution in [0.5, 0.6) is 0 Å². The molecule has 0 radical (unpaired) electrons. The molecule has 1 aromatic carbocycles. The fourth-order valence-corrected chi connectivity index (χ4v) is 2.07. The van der Waals surface area contributed by atoms with E-state index in [1.165, 1.54) is 25.3 Å². The zero-order chi connectivity index (χ0) is 14.0. The third-order valence-corrected chi connectivity index (χ3v) is 3.08. The summed E-state index contributed by atoms with van der Waals surface area (Å²) in [6.07, 6.45) is 0. The summed E-state index contributed by atoms with van der Waals surface area (Å²) < 4.78 is 10.4. The van der Waals surface area contributed by atoms with Crippen LogP contribution in [0.3, 0.4) is 0 Å². The van der Waals surface area contributed by atoms with Crippen LogP contribution in [0, 0.1) is 10.1 Å². The minimum absolute atomic E-state index is 0.0321. The molecule has 0 aliphatic rings. The van der Waals surface area contributed by atoms with E-state index >= 15 is 0 Å². The van der Waals surface area contributed by atoms with E-state index in [0.29, 0.717) is 15.8 Å². The molecule has 0 aliphatic carbocycles. The molecule has 6 nitrogen and oxygen atoms in total. The summed E-state index contributed by atoms with van der Waals surface area (Å²) in [6, 6.07) is 7.35. The molecule has 0 saturated heterocycles. The third kappa shape index (κ3) is 2.65. The number of rotatable bonds is 3. The highest BCUT2D eigenvalue weighted by molar-refractivity contribution is 9.10. The maximum Gasteiger partial charge on any atom is 0.373 e. The van der Waals surface area contributed by atoms with Gasteiger partial charge in [-0.05, 0) is 34.1 Å². The molecule has 0 aliphatic heterocycles. The number of nitro groups is 1. The van der Waals surface area contributed by atoms with Gasteiger partial charge >= 0.3 is 5.97 Å². The molecule has 7 heteroatoms. The Morgan fingerprint density at radius 2 is 2.11 bits per heavy atom. The first-order valence-corrected chi connectivity index (χ1v) is 5.94. The van der Waals surface area contributed by atoms with Crippen molar-refractivity contribution in [1.82, 2.24) is 0 Å². The Hall–Kier alpha value is -2.15. The summed E-state index contributed by atoms with van der Waals surface area (Å²) in [6.45, 7) is 0. The molecular formula is C12H8BrNO5. The smallest absolute Gasteiger partial charge is 0.373 e. The molecule has 2 rings (SSSR count). The number of furan rings is 1. The topological polar surface area (TPSA) is 82.6 Å². The summed E-state index contributed by atoms with van der Waals surface area (Å²) in [5.41, 5.74) is 0.580. The number of ether oxygens (including phenoxy) is 1. The van der Waals surface area contributed by atoms with Gasteiger partial charge in [-0.2, -0.15) is 0 Å². The van der Waals surface area contributed by atoms with Crippen LogP contribution in [0.25, 0.3) is 11.3 Å². The van der Waals surface area contributed by atoms with Crippen molar-refractivity contribution in [3.63, 3.8) is 0 Å². The highest BCUT2D eigenvalue weighted by Crippen LogP contribution is 2.32. The second-order valence-corrected chi connectivity index (χ2v) is 4.43. The lowest BCUT2D eigenvalue weighted by Crippen LogP contribution is -1.98. The number of benzene rings is 1. The van der Waals surface area contributed by atoms with E-state index in [4.69, 9.17) is 4.42 Å². The average Bonchev–Trinajstić information content (AvgIpc) is 2.87. The van der Waals surface area contributed by atoms with Gasteiger partial charge in [-0.25, -0.2) is 4.79 Å². The molecule has 19 heavy (non-hydrogen) atoms. The number of nitro benzene ring substituents is 1. The maximum atomic E-state index is 11.3. The van der Waals surface area contributed by atoms with Crippen LogP contribution in [0.1, 0.15) is 10.6 Å². The number of methoxy groups -OCH3 is 1. The van der Waals surface area contributed by atoms with Gasteiger partial charge in [0.15, 0.2) is 0 Å². The van der Waals surface area contributed by atoms with Gasteiger partial charge in [0.25, 0.3) is 5.69 Å². The van der Waals surface area contributed by atoms with E-state index in [-0.39, 0.29) is 11.4 Å². The van der Waals surface area contributed by atoms with Gasteiger partial charge in [-0.1, -0.05) is 0 Å². The Morgan fingerprint density at radius 1 is 1.37 bits per heavy atom. The molecule has 0 spiro atoms. The minimum atomic E-state index is -0.579. The van der Waals surface area contributed by atoms with Crippen LogP contribution < -0.4 is 0 Å². The van der Waals surface area contributed by atoms with Crippen LogP contribution in [-0.2, 0) is 4.74 Å². The lowest BCUT2D eigenvalue weighted by Gasteiger charge is -2.01. The standard InChI is InChI=1S/C12H8BrNO5/c1-18-12(15)11-5-4-10(19-11)8-3-2-7(14(16)17)6-9(8)13/h2-6H,1H3. The minimum Gasteiger partial charge on any atom is -0.463 e. The Balaban J connectivity index is 2.39. The molecule has 1 aromatic heterocycles. The normalized spacial score (nSPS) is 10.2. The summed E-state index contributed by atoms with van der Waals surface area (Å²) >= 11 is 3.23. The number of esters is 1. The number of hydrogen-bond donors (Lipinski definition) is 0. The van der Waals surface area contributed by atoms with Crippen molar-refractivity contribution >= 4 is 27.6 Å². The van der Waals surface area contributed by atoms with Crippen molar-refractivity contribution in [2.24, 2.45) is 0 Å². The van der Waals surface area contributed by atoms with Gasteiger partial charge in [-0.3, -0.25) is 10.1 Å². The van der Waals surface area contributed by atoms with E-state index < -0.39 is 10.9 Å². The molecule has 0 bridgehead atoms. The van der Waals surface area contributed by atoms with E-state index in [1.54, 1.807) is 12.1 Å². The first-order valence-electron chi connectivity index (χ1n) is 5.15. The molecule has 0 fully saturated rings. The fraction of sp³-hybridized carbons (Fsp3) is 0.0833. The second kappa shape index (κ2) is 5.23. The van der Waals surface area contributed by atoms with Crippen molar-refractivity contribution in [3.8, 4) is 11.3 Å². The quantitative estimate of drug-likeness (QED) is 0.490. The molecule has 1 heterocycles. The Labute approximate surface area is 116 Å². The molecule has 0 amide bonds. The summed E-state index contributed by atoms with van der Waals surface area (Å²) in [5.74, 6) is -0.0887. The van der Waals surface area contributed by atoms with Crippen molar-refractivity contribution in [3.05, 3.63) is 50.7 Å². The van der Waals surface area contributed by atoms with Crippen molar-refractivity contribution in [2.45, 2.75) is 0 Å². The number of nitrogens with zero attached hydrogens (tertiary/aromatic N) is 1. The second-order valence-electron chi connectivity index (χ2n) is 3.58. The van der Waals surface area contributed by atoms with Crippen LogP contribution in [0.2, 0.25) is 0 Å². The Kier molecular flexibility index (Phi) is 3.66. The van der Waals surface area contributed by atoms with Gasteiger partial charge in [-0.15, -0.1) is 0 Å². The van der Waals surface area contributed by atoms with Crippen molar-refractivity contribution in [1.29, 1.82) is 0 Å². The third-order valence-electron chi connectivity index (χ3n) is 2.42. The first kappa shape index (κ1) is 13.3. The summed E-state index contributed by atoms with van der Waals surface area (Å²) in [4.78, 5) is 21.4. The van der Waals surface area contributed by atoms with E-state index in [9.17, 15) is 14.9 Å². The van der Waals surface area contributed by atoms with Gasteiger partial charge in [0.1, 0.15) is 5.76 Å². The predicted octanol–water partition coefficient (Wildman–Crippen LogP) is 3.40. The van der Waals surface area contributed by atoms with Gasteiger partial charge in [0.2, 0.25) is 5.76 Å². The zero-order valence-electron chi connectivity index (χ0n) is 9.75. The number of halogens is 1.